The minimum atomic E-state index is -1.12. The van der Waals surface area contributed by atoms with Gasteiger partial charge in [0.2, 0.25) is 0 Å². The molecule has 0 spiro atoms. The van der Waals surface area contributed by atoms with Crippen molar-refractivity contribution in [3.8, 4) is 0 Å². The van der Waals surface area contributed by atoms with Crippen LogP contribution in [0.2, 0.25) is 0 Å². The topological polar surface area (TPSA) is 83.8 Å². The number of rotatable bonds is 6. The second-order valence-corrected chi connectivity index (χ2v) is 17.5. The lowest BCUT2D eigenvalue weighted by molar-refractivity contribution is -0.250. The fourth-order valence-corrected chi connectivity index (χ4v) is 12.2. The number of ether oxygens (including phenoxy) is 1. The molecule has 0 aromatic rings. The van der Waals surface area contributed by atoms with Crippen molar-refractivity contribution in [2.24, 2.45) is 62.1 Å². The largest absolute Gasteiger partial charge is 0.481 e. The molecule has 5 nitrogen and oxygen atoms in total. The molecular weight excluding hydrogens is 512 g/mol. The Hall–Kier alpha value is -1.36. The van der Waals surface area contributed by atoms with E-state index in [9.17, 15) is 19.8 Å². The van der Waals surface area contributed by atoms with Crippen molar-refractivity contribution in [3.63, 3.8) is 0 Å². The quantitative estimate of drug-likeness (QED) is 0.249. The predicted molar refractivity (Wildman–Crippen MR) is 162 cm³/mol. The average molecular weight is 571 g/mol. The van der Waals surface area contributed by atoms with Gasteiger partial charge in [0, 0.05) is 5.41 Å². The molecule has 5 aliphatic carbocycles. The number of aliphatic carboxylic acids is 1. The molecule has 0 aromatic carbocycles. The summed E-state index contributed by atoms with van der Waals surface area (Å²) in [5.41, 5.74) is 0.781. The molecule has 2 N–H and O–H groups in total. The van der Waals surface area contributed by atoms with Crippen molar-refractivity contribution in [1.29, 1.82) is 0 Å². The van der Waals surface area contributed by atoms with Gasteiger partial charge in [-0.25, -0.2) is 0 Å². The number of hydrogen-bond acceptors (Lipinski definition) is 4. The first-order valence-electron chi connectivity index (χ1n) is 16.6. The van der Waals surface area contributed by atoms with Gasteiger partial charge in [-0.15, -0.1) is 0 Å². The molecule has 0 radical (unpaired) electrons. The van der Waals surface area contributed by atoms with E-state index in [0.29, 0.717) is 36.2 Å². The second kappa shape index (κ2) is 9.83. The van der Waals surface area contributed by atoms with Gasteiger partial charge in [-0.1, -0.05) is 46.8 Å². The van der Waals surface area contributed by atoms with Crippen LogP contribution in [0.1, 0.15) is 126 Å². The van der Waals surface area contributed by atoms with E-state index in [-0.39, 0.29) is 45.6 Å². The van der Waals surface area contributed by atoms with Gasteiger partial charge in [0.15, 0.2) is 0 Å². The second-order valence-electron chi connectivity index (χ2n) is 17.5. The number of carboxylic acid groups (broad SMARTS) is 1. The van der Waals surface area contributed by atoms with Crippen molar-refractivity contribution in [3.05, 3.63) is 12.2 Å². The Balaban J connectivity index is 1.44. The van der Waals surface area contributed by atoms with Crippen LogP contribution >= 0.6 is 0 Å². The van der Waals surface area contributed by atoms with E-state index in [1.165, 1.54) is 31.3 Å². The molecule has 5 saturated carbocycles. The molecule has 0 bridgehead atoms. The zero-order valence-electron chi connectivity index (χ0n) is 27.3. The third-order valence-electron chi connectivity index (χ3n) is 14.9. The van der Waals surface area contributed by atoms with Crippen LogP contribution in [0.4, 0.5) is 0 Å². The van der Waals surface area contributed by atoms with E-state index in [1.54, 1.807) is 13.8 Å². The number of fused-ring (bicyclic) bond motifs is 7. The van der Waals surface area contributed by atoms with E-state index in [4.69, 9.17) is 4.74 Å². The van der Waals surface area contributed by atoms with Crippen LogP contribution in [0.3, 0.4) is 0 Å². The standard InChI is InChI=1S/C36H58O5/c1-22(2)23-12-17-36(21-41-28(38)20-31(3,4)30(39)40)19-18-34(8)24(29(23)36)10-11-26-33(7)15-14-27(37)32(5,6)25(33)13-16-35(26,34)9/h23-27,29,37H,1,10-21H2,2-9H3,(H,39,40)/t23-,24+,25-,26+,27-,29+,33-,34+,35+,36+/m0/s1. The van der Waals surface area contributed by atoms with Crippen LogP contribution in [0.15, 0.2) is 12.2 Å². The lowest BCUT2D eigenvalue weighted by Crippen LogP contribution is -2.66. The van der Waals surface area contributed by atoms with Crippen LogP contribution in [0, 0.1) is 62.1 Å². The molecule has 0 aliphatic heterocycles. The summed E-state index contributed by atoms with van der Waals surface area (Å²) in [6, 6.07) is 0. The van der Waals surface area contributed by atoms with Gasteiger partial charge in [0.05, 0.1) is 24.5 Å². The van der Waals surface area contributed by atoms with Crippen LogP contribution in [-0.2, 0) is 14.3 Å². The normalized spacial score (nSPS) is 46.9. The van der Waals surface area contributed by atoms with Crippen LogP contribution in [-0.4, -0.2) is 34.9 Å². The Bertz CT molecular complexity index is 1090. The van der Waals surface area contributed by atoms with E-state index < -0.39 is 11.4 Å². The zero-order valence-corrected chi connectivity index (χ0v) is 27.3. The summed E-state index contributed by atoms with van der Waals surface area (Å²) in [7, 11) is 0. The van der Waals surface area contributed by atoms with E-state index >= 15 is 0 Å². The summed E-state index contributed by atoms with van der Waals surface area (Å²) in [5, 5.41) is 20.5. The maximum Gasteiger partial charge on any atom is 0.309 e. The lowest BCUT2D eigenvalue weighted by Gasteiger charge is -2.73. The van der Waals surface area contributed by atoms with Crippen molar-refractivity contribution < 1.29 is 24.5 Å². The highest BCUT2D eigenvalue weighted by Gasteiger charge is 2.71. The molecule has 0 heterocycles. The SMILES string of the molecule is C=C(C)[C@@H]1CC[C@]2(COC(=O)CC(C)(C)C(=O)O)CC[C@]3(C)[C@H](CC[C@@H]4[C@@]5(C)CC[C@H](O)C(C)(C)[C@@H]5CC[C@]43C)[C@@H]12. The Morgan fingerprint density at radius 1 is 0.878 bits per heavy atom. The van der Waals surface area contributed by atoms with E-state index in [1.807, 2.05) is 0 Å². The van der Waals surface area contributed by atoms with Crippen LogP contribution in [0.25, 0.3) is 0 Å². The molecule has 0 amide bonds. The number of carboxylic acids is 1. The predicted octanol–water partition coefficient (Wildman–Crippen LogP) is 8.05. The lowest BCUT2D eigenvalue weighted by atomic mass is 9.32. The monoisotopic (exact) mass is 570 g/mol. The first-order valence-corrected chi connectivity index (χ1v) is 16.6. The minimum absolute atomic E-state index is 0.0383. The molecule has 10 atom stereocenters. The molecule has 41 heavy (non-hydrogen) atoms. The summed E-state index contributed by atoms with van der Waals surface area (Å²) in [6.45, 7) is 22.7. The maximum absolute atomic E-state index is 12.9. The molecule has 0 unspecified atom stereocenters. The van der Waals surface area contributed by atoms with E-state index in [2.05, 4.69) is 48.1 Å². The fraction of sp³-hybridized carbons (Fsp3) is 0.889. The summed E-state index contributed by atoms with van der Waals surface area (Å²) >= 11 is 0. The smallest absolute Gasteiger partial charge is 0.309 e. The summed E-state index contributed by atoms with van der Waals surface area (Å²) in [4.78, 5) is 24.5. The van der Waals surface area contributed by atoms with Gasteiger partial charge in [-0.05, 0) is 136 Å². The molecule has 5 heteroatoms. The molecule has 232 valence electrons. The van der Waals surface area contributed by atoms with Gasteiger partial charge in [0.1, 0.15) is 0 Å². The average Bonchev–Trinajstić information content (AvgIpc) is 3.26. The Labute approximate surface area is 249 Å². The van der Waals surface area contributed by atoms with Gasteiger partial charge in [0.25, 0.3) is 0 Å². The summed E-state index contributed by atoms with van der Waals surface area (Å²) in [6.07, 6.45) is 11.0. The fourth-order valence-electron chi connectivity index (χ4n) is 12.2. The number of aliphatic hydroxyl groups excluding tert-OH is 1. The summed E-state index contributed by atoms with van der Waals surface area (Å²) in [5.74, 6) is 1.33. The highest BCUT2D eigenvalue weighted by atomic mass is 16.5. The Kier molecular flexibility index (Phi) is 7.45. The number of carbonyl (C=O) groups is 2. The third-order valence-corrected chi connectivity index (χ3v) is 14.9. The number of allylic oxidation sites excluding steroid dienone is 1. The number of hydrogen-bond donors (Lipinski definition) is 2. The highest BCUT2D eigenvalue weighted by Crippen LogP contribution is 2.77. The molecule has 0 saturated heterocycles. The van der Waals surface area contributed by atoms with Crippen molar-refractivity contribution in [2.75, 3.05) is 6.61 Å². The minimum Gasteiger partial charge on any atom is -0.481 e. The molecule has 5 fully saturated rings. The van der Waals surface area contributed by atoms with Gasteiger partial charge >= 0.3 is 11.9 Å². The number of carbonyl (C=O) groups excluding carboxylic acids is 1. The van der Waals surface area contributed by atoms with Crippen molar-refractivity contribution in [1.82, 2.24) is 0 Å². The molecule has 0 aromatic heterocycles. The highest BCUT2D eigenvalue weighted by molar-refractivity contribution is 5.81. The van der Waals surface area contributed by atoms with Gasteiger partial charge < -0.3 is 14.9 Å². The molecule has 5 aliphatic rings. The third kappa shape index (κ3) is 4.40. The molecule has 5 rings (SSSR count). The number of esters is 1. The number of aliphatic hydroxyl groups is 1. The van der Waals surface area contributed by atoms with Crippen molar-refractivity contribution >= 4 is 11.9 Å². The molecular formula is C36H58O5. The Morgan fingerprint density at radius 3 is 2.20 bits per heavy atom. The first kappa shape index (κ1) is 31.1. The van der Waals surface area contributed by atoms with Crippen molar-refractivity contribution in [2.45, 2.75) is 132 Å². The van der Waals surface area contributed by atoms with E-state index in [0.717, 1.165) is 38.5 Å². The van der Waals surface area contributed by atoms with Gasteiger partial charge in [-0.3, -0.25) is 9.59 Å². The first-order chi connectivity index (χ1) is 18.9. The Morgan fingerprint density at radius 2 is 1.56 bits per heavy atom. The van der Waals surface area contributed by atoms with Crippen LogP contribution < -0.4 is 0 Å². The summed E-state index contributed by atoms with van der Waals surface area (Å²) < 4.78 is 6.01. The zero-order chi connectivity index (χ0) is 30.4. The van der Waals surface area contributed by atoms with Crippen LogP contribution in [0.5, 0.6) is 0 Å². The maximum atomic E-state index is 12.9. The van der Waals surface area contributed by atoms with Gasteiger partial charge in [-0.2, -0.15) is 0 Å².